The number of hydrogen-bond acceptors (Lipinski definition) is 5. The van der Waals surface area contributed by atoms with Crippen LogP contribution in [-0.4, -0.2) is 25.8 Å². The minimum absolute atomic E-state index is 0.134. The molecule has 0 saturated carbocycles. The van der Waals surface area contributed by atoms with Crippen LogP contribution in [0, 0.1) is 10.1 Å². The Hall–Kier alpha value is -1.67. The summed E-state index contributed by atoms with van der Waals surface area (Å²) in [5.41, 5.74) is -0.650. The van der Waals surface area contributed by atoms with Crippen LogP contribution in [0.4, 0.5) is 5.69 Å². The monoisotopic (exact) mass is 292 g/mol. The van der Waals surface area contributed by atoms with Gasteiger partial charge in [0.2, 0.25) is 0 Å². The summed E-state index contributed by atoms with van der Waals surface area (Å²) in [5, 5.41) is 13.1. The van der Waals surface area contributed by atoms with Gasteiger partial charge in [-0.1, -0.05) is 0 Å². The highest BCUT2D eigenvalue weighted by Gasteiger charge is 2.19. The Balaban J connectivity index is 3.41. The van der Waals surface area contributed by atoms with E-state index in [2.05, 4.69) is 5.32 Å². The molecule has 0 heterocycles. The quantitative estimate of drug-likeness (QED) is 0.511. The number of benzene rings is 1. The first-order chi connectivity index (χ1) is 8.25. The maximum Gasteiger partial charge on any atom is 0.271 e. The van der Waals surface area contributed by atoms with Gasteiger partial charge in [0, 0.05) is 34.9 Å². The molecule has 0 aromatic heterocycles. The number of amides is 1. The van der Waals surface area contributed by atoms with E-state index in [4.69, 9.17) is 10.7 Å². The zero-order valence-corrected chi connectivity index (χ0v) is 10.8. The third-order valence-electron chi connectivity index (χ3n) is 1.98. The van der Waals surface area contributed by atoms with Gasteiger partial charge in [-0.2, -0.15) is 0 Å². The summed E-state index contributed by atoms with van der Waals surface area (Å²) < 4.78 is 22.3. The van der Waals surface area contributed by atoms with E-state index in [0.29, 0.717) is 6.54 Å². The number of rotatable bonds is 4. The second-order valence-electron chi connectivity index (χ2n) is 3.27. The zero-order chi connectivity index (χ0) is 13.9. The van der Waals surface area contributed by atoms with E-state index >= 15 is 0 Å². The molecule has 0 atom stereocenters. The highest BCUT2D eigenvalue weighted by atomic mass is 35.7. The molecule has 1 N–H and O–H groups in total. The summed E-state index contributed by atoms with van der Waals surface area (Å²) in [6, 6.07) is 2.77. The molecule has 0 saturated heterocycles. The lowest BCUT2D eigenvalue weighted by molar-refractivity contribution is -0.385. The van der Waals surface area contributed by atoms with Gasteiger partial charge < -0.3 is 5.32 Å². The van der Waals surface area contributed by atoms with Crippen LogP contribution in [0.3, 0.4) is 0 Å². The van der Waals surface area contributed by atoms with Gasteiger partial charge >= 0.3 is 0 Å². The van der Waals surface area contributed by atoms with Crippen molar-refractivity contribution in [3.05, 3.63) is 33.9 Å². The van der Waals surface area contributed by atoms with Gasteiger partial charge in [-0.25, -0.2) is 8.42 Å². The molecule has 0 radical (unpaired) electrons. The molecule has 0 fully saturated rings. The fourth-order valence-electron chi connectivity index (χ4n) is 1.22. The molecule has 0 unspecified atom stereocenters. The lowest BCUT2D eigenvalue weighted by atomic mass is 10.2. The van der Waals surface area contributed by atoms with Crippen LogP contribution in [0.15, 0.2) is 23.1 Å². The van der Waals surface area contributed by atoms with Gasteiger partial charge in [-0.3, -0.25) is 14.9 Å². The molecule has 1 aromatic rings. The smallest absolute Gasteiger partial charge is 0.271 e. The van der Waals surface area contributed by atoms with Gasteiger partial charge in [0.15, 0.2) is 0 Å². The van der Waals surface area contributed by atoms with Gasteiger partial charge in [-0.15, -0.1) is 0 Å². The maximum atomic E-state index is 11.5. The van der Waals surface area contributed by atoms with E-state index in [1.54, 1.807) is 6.92 Å². The Kier molecular flexibility index (Phi) is 4.25. The first-order valence-electron chi connectivity index (χ1n) is 4.78. The Morgan fingerprint density at radius 1 is 1.44 bits per heavy atom. The normalized spacial score (nSPS) is 11.0. The molecule has 0 aliphatic rings. The number of nitrogens with zero attached hydrogens (tertiary/aromatic N) is 1. The molecular formula is C9H9ClN2O5S. The molecule has 18 heavy (non-hydrogen) atoms. The molecule has 0 aliphatic carbocycles. The third kappa shape index (κ3) is 3.41. The maximum absolute atomic E-state index is 11.5. The van der Waals surface area contributed by atoms with E-state index in [9.17, 15) is 23.3 Å². The minimum atomic E-state index is -4.14. The molecule has 1 rings (SSSR count). The van der Waals surface area contributed by atoms with Crippen molar-refractivity contribution < 1.29 is 18.1 Å². The predicted octanol–water partition coefficient (Wildman–Crippen LogP) is 1.27. The van der Waals surface area contributed by atoms with E-state index in [1.165, 1.54) is 0 Å². The molecule has 0 spiro atoms. The van der Waals surface area contributed by atoms with Crippen LogP contribution < -0.4 is 5.32 Å². The molecule has 0 bridgehead atoms. The van der Waals surface area contributed by atoms with Crippen LogP contribution in [0.2, 0.25) is 0 Å². The van der Waals surface area contributed by atoms with Crippen molar-refractivity contribution in [2.75, 3.05) is 6.54 Å². The third-order valence-corrected chi connectivity index (χ3v) is 3.32. The number of halogens is 1. The van der Waals surface area contributed by atoms with E-state index in [-0.39, 0.29) is 5.56 Å². The summed E-state index contributed by atoms with van der Waals surface area (Å²) in [7, 11) is 0.965. The first kappa shape index (κ1) is 14.4. The van der Waals surface area contributed by atoms with Crippen molar-refractivity contribution in [1.82, 2.24) is 5.32 Å². The minimum Gasteiger partial charge on any atom is -0.352 e. The zero-order valence-electron chi connectivity index (χ0n) is 9.21. The molecule has 7 nitrogen and oxygen atoms in total. The molecule has 1 amide bonds. The van der Waals surface area contributed by atoms with Crippen molar-refractivity contribution in [2.45, 2.75) is 11.8 Å². The Labute approximate surface area is 107 Å². The van der Waals surface area contributed by atoms with Crippen LogP contribution in [0.5, 0.6) is 0 Å². The molecule has 1 aromatic carbocycles. The number of carbonyl (C=O) groups is 1. The molecule has 9 heteroatoms. The van der Waals surface area contributed by atoms with Gasteiger partial charge in [0.1, 0.15) is 0 Å². The predicted molar refractivity (Wildman–Crippen MR) is 64.1 cm³/mol. The summed E-state index contributed by atoms with van der Waals surface area (Å²) >= 11 is 0. The fraction of sp³-hybridized carbons (Fsp3) is 0.222. The van der Waals surface area contributed by atoms with Crippen molar-refractivity contribution in [3.8, 4) is 0 Å². The van der Waals surface area contributed by atoms with E-state index in [0.717, 1.165) is 18.2 Å². The van der Waals surface area contributed by atoms with Crippen molar-refractivity contribution in [3.63, 3.8) is 0 Å². The lowest BCUT2D eigenvalue weighted by Gasteiger charge is -2.04. The van der Waals surface area contributed by atoms with Gasteiger partial charge in [-0.05, 0) is 13.0 Å². The average Bonchev–Trinajstić information content (AvgIpc) is 2.27. The highest BCUT2D eigenvalue weighted by molar-refractivity contribution is 8.13. The molecular weight excluding hydrogens is 284 g/mol. The van der Waals surface area contributed by atoms with Crippen molar-refractivity contribution in [2.24, 2.45) is 0 Å². The SMILES string of the molecule is CCNC(=O)c1cc([N+](=O)[O-])cc(S(=O)(=O)Cl)c1. The second kappa shape index (κ2) is 5.32. The Bertz CT molecular complexity index is 599. The topological polar surface area (TPSA) is 106 Å². The Morgan fingerprint density at radius 3 is 2.50 bits per heavy atom. The van der Waals surface area contributed by atoms with Crippen LogP contribution >= 0.6 is 10.7 Å². The number of nitro benzene ring substituents is 1. The average molecular weight is 293 g/mol. The highest BCUT2D eigenvalue weighted by Crippen LogP contribution is 2.23. The van der Waals surface area contributed by atoms with Crippen molar-refractivity contribution in [1.29, 1.82) is 0 Å². The summed E-state index contributed by atoms with van der Waals surface area (Å²) in [6.07, 6.45) is 0. The van der Waals surface area contributed by atoms with Gasteiger partial charge in [0.05, 0.1) is 9.82 Å². The first-order valence-corrected chi connectivity index (χ1v) is 7.09. The van der Waals surface area contributed by atoms with Crippen LogP contribution in [0.25, 0.3) is 0 Å². The summed E-state index contributed by atoms with van der Waals surface area (Å²) in [4.78, 5) is 20.9. The van der Waals surface area contributed by atoms with Crippen LogP contribution in [0.1, 0.15) is 17.3 Å². The summed E-state index contributed by atoms with van der Waals surface area (Å²) in [6.45, 7) is 1.97. The summed E-state index contributed by atoms with van der Waals surface area (Å²) in [5.74, 6) is -0.609. The van der Waals surface area contributed by atoms with E-state index < -0.39 is 30.5 Å². The fourth-order valence-corrected chi connectivity index (χ4v) is 2.02. The Morgan fingerprint density at radius 2 is 2.06 bits per heavy atom. The van der Waals surface area contributed by atoms with Gasteiger partial charge in [0.25, 0.3) is 20.6 Å². The van der Waals surface area contributed by atoms with Crippen molar-refractivity contribution >= 4 is 31.3 Å². The number of carbonyl (C=O) groups excluding carboxylic acids is 1. The molecule has 98 valence electrons. The standard InChI is InChI=1S/C9H9ClN2O5S/c1-2-11-9(13)6-3-7(12(14)15)5-8(4-6)18(10,16)17/h3-5H,2H2,1H3,(H,11,13). The van der Waals surface area contributed by atoms with E-state index in [1.807, 2.05) is 0 Å². The largest absolute Gasteiger partial charge is 0.352 e. The second-order valence-corrected chi connectivity index (χ2v) is 5.84. The number of hydrogen-bond donors (Lipinski definition) is 1. The number of non-ortho nitro benzene ring substituents is 1. The number of nitrogens with one attached hydrogen (secondary N) is 1. The lowest BCUT2D eigenvalue weighted by Crippen LogP contribution is -2.22. The van der Waals surface area contributed by atoms with Crippen LogP contribution in [-0.2, 0) is 9.05 Å². The molecule has 0 aliphatic heterocycles. The number of nitro groups is 1.